The van der Waals surface area contributed by atoms with Crippen LogP contribution in [0.4, 0.5) is 0 Å². The fourth-order valence-corrected chi connectivity index (χ4v) is 3.77. The highest BCUT2D eigenvalue weighted by atomic mass is 16.5. The molecule has 3 aromatic carbocycles. The average molecular weight is 473 g/mol. The van der Waals surface area contributed by atoms with Crippen LogP contribution in [-0.4, -0.2) is 44.4 Å². The molecule has 182 valence electrons. The van der Waals surface area contributed by atoms with Gasteiger partial charge in [-0.15, -0.1) is 0 Å². The minimum atomic E-state index is -0.919. The third-order valence-electron chi connectivity index (χ3n) is 5.64. The predicted molar refractivity (Wildman–Crippen MR) is 139 cm³/mol. The molecule has 2 amide bonds. The molecule has 3 aromatic rings. The van der Waals surface area contributed by atoms with Crippen molar-refractivity contribution in [3.8, 4) is 5.75 Å². The fraction of sp³-hybridized carbons (Fsp3) is 0.250. The Labute approximate surface area is 206 Å². The fourth-order valence-electron chi connectivity index (χ4n) is 3.77. The largest absolute Gasteiger partial charge is 0.497 e. The van der Waals surface area contributed by atoms with Gasteiger partial charge in [-0.25, -0.2) is 0 Å². The summed E-state index contributed by atoms with van der Waals surface area (Å²) in [6.45, 7) is 4.88. The molecule has 0 bridgehead atoms. The number of rotatable bonds is 13. The van der Waals surface area contributed by atoms with Gasteiger partial charge in [0.05, 0.1) is 13.7 Å². The molecule has 0 radical (unpaired) electrons. The summed E-state index contributed by atoms with van der Waals surface area (Å²) >= 11 is 0. The van der Waals surface area contributed by atoms with Crippen molar-refractivity contribution in [1.82, 2.24) is 16.0 Å². The van der Waals surface area contributed by atoms with E-state index in [0.717, 1.165) is 16.9 Å². The first kappa shape index (κ1) is 25.6. The van der Waals surface area contributed by atoms with Crippen molar-refractivity contribution in [3.05, 3.63) is 102 Å². The van der Waals surface area contributed by atoms with Gasteiger partial charge in [0.2, 0.25) is 5.91 Å². The summed E-state index contributed by atoms with van der Waals surface area (Å²) in [7, 11) is 1.64. The molecule has 0 heterocycles. The second kappa shape index (κ2) is 13.1. The van der Waals surface area contributed by atoms with Crippen LogP contribution in [-0.2, 0) is 17.8 Å². The monoisotopic (exact) mass is 472 g/mol. The van der Waals surface area contributed by atoms with Crippen LogP contribution < -0.4 is 20.7 Å². The summed E-state index contributed by atoms with van der Waals surface area (Å²) < 4.78 is 5.28. The van der Waals surface area contributed by atoms with E-state index in [9.17, 15) is 9.59 Å². The Kier molecular flexibility index (Phi) is 9.57. The van der Waals surface area contributed by atoms with E-state index in [1.54, 1.807) is 31.4 Å². The molecule has 7 heteroatoms. The number of hydrogen-bond acceptors (Lipinski definition) is 5. The lowest BCUT2D eigenvalue weighted by Gasteiger charge is -2.31. The standard InChI is InChI=1S/C28H32N4O3/c1-29-28(19-22-10-5-3-6-11-22,16-17-30-20-23-12-9-15-25(18-23)35-2)32-26(33)21-31-27(34)24-13-7-4-8-14-24/h3-15,18,30H,1,16-17,19-21H2,2H3,(H,31,34)(H,32,33)/t28-/m1/s1. The molecule has 0 unspecified atom stereocenters. The molecule has 7 nitrogen and oxygen atoms in total. The first-order valence-corrected chi connectivity index (χ1v) is 11.5. The summed E-state index contributed by atoms with van der Waals surface area (Å²) in [5.74, 6) is 0.173. The minimum absolute atomic E-state index is 0.156. The number of methoxy groups -OCH3 is 1. The molecular weight excluding hydrogens is 440 g/mol. The van der Waals surface area contributed by atoms with Crippen molar-refractivity contribution < 1.29 is 14.3 Å². The van der Waals surface area contributed by atoms with Crippen molar-refractivity contribution in [2.75, 3.05) is 20.2 Å². The van der Waals surface area contributed by atoms with Gasteiger partial charge in [0.1, 0.15) is 11.4 Å². The maximum atomic E-state index is 12.8. The van der Waals surface area contributed by atoms with Crippen LogP contribution in [0, 0.1) is 0 Å². The molecular formula is C28H32N4O3. The number of benzene rings is 3. The Morgan fingerprint density at radius 3 is 2.31 bits per heavy atom. The molecule has 0 spiro atoms. The molecule has 1 atom stereocenters. The zero-order valence-corrected chi connectivity index (χ0v) is 20.0. The van der Waals surface area contributed by atoms with Gasteiger partial charge in [-0.05, 0) is 48.7 Å². The van der Waals surface area contributed by atoms with Crippen LogP contribution in [0.5, 0.6) is 5.75 Å². The second-order valence-corrected chi connectivity index (χ2v) is 8.23. The van der Waals surface area contributed by atoms with Gasteiger partial charge >= 0.3 is 0 Å². The van der Waals surface area contributed by atoms with Gasteiger partial charge in [-0.1, -0.05) is 60.7 Å². The molecule has 0 aliphatic carbocycles. The van der Waals surface area contributed by atoms with Crippen molar-refractivity contribution in [1.29, 1.82) is 0 Å². The summed E-state index contributed by atoms with van der Waals surface area (Å²) in [6, 6.07) is 26.5. The van der Waals surface area contributed by atoms with Crippen LogP contribution in [0.25, 0.3) is 0 Å². The van der Waals surface area contributed by atoms with E-state index < -0.39 is 5.66 Å². The van der Waals surface area contributed by atoms with Gasteiger partial charge in [0.15, 0.2) is 0 Å². The van der Waals surface area contributed by atoms with Crippen molar-refractivity contribution >= 4 is 18.5 Å². The maximum Gasteiger partial charge on any atom is 0.251 e. The Bertz CT molecular complexity index is 1110. The van der Waals surface area contributed by atoms with Crippen molar-refractivity contribution in [2.24, 2.45) is 4.99 Å². The predicted octanol–water partition coefficient (Wildman–Crippen LogP) is 3.36. The summed E-state index contributed by atoms with van der Waals surface area (Å²) in [5, 5.41) is 9.09. The zero-order chi connectivity index (χ0) is 24.9. The summed E-state index contributed by atoms with van der Waals surface area (Å²) in [5.41, 5.74) is 1.70. The van der Waals surface area contributed by atoms with E-state index in [4.69, 9.17) is 4.74 Å². The van der Waals surface area contributed by atoms with E-state index in [-0.39, 0.29) is 18.4 Å². The quantitative estimate of drug-likeness (QED) is 0.263. The van der Waals surface area contributed by atoms with E-state index >= 15 is 0 Å². The van der Waals surface area contributed by atoms with E-state index in [2.05, 4.69) is 27.7 Å². The molecule has 3 rings (SSSR count). The molecule has 35 heavy (non-hydrogen) atoms. The lowest BCUT2D eigenvalue weighted by molar-refractivity contribution is -0.122. The minimum Gasteiger partial charge on any atom is -0.497 e. The topological polar surface area (TPSA) is 91.8 Å². The highest BCUT2D eigenvalue weighted by Gasteiger charge is 2.30. The third kappa shape index (κ3) is 8.08. The smallest absolute Gasteiger partial charge is 0.251 e. The lowest BCUT2D eigenvalue weighted by Crippen LogP contribution is -2.52. The van der Waals surface area contributed by atoms with Gasteiger partial charge in [-0.2, -0.15) is 0 Å². The number of ether oxygens (including phenoxy) is 1. The maximum absolute atomic E-state index is 12.8. The Morgan fingerprint density at radius 1 is 0.943 bits per heavy atom. The van der Waals surface area contributed by atoms with Gasteiger partial charge in [0, 0.05) is 24.9 Å². The van der Waals surface area contributed by atoms with Crippen LogP contribution >= 0.6 is 0 Å². The molecule has 0 saturated heterocycles. The van der Waals surface area contributed by atoms with E-state index in [1.807, 2.05) is 60.7 Å². The van der Waals surface area contributed by atoms with Crippen molar-refractivity contribution in [2.45, 2.75) is 25.0 Å². The number of nitrogens with one attached hydrogen (secondary N) is 3. The van der Waals surface area contributed by atoms with E-state index in [0.29, 0.717) is 31.5 Å². The summed E-state index contributed by atoms with van der Waals surface area (Å²) in [6.07, 6.45) is 1.00. The van der Waals surface area contributed by atoms with Gasteiger partial charge < -0.3 is 20.7 Å². The number of aliphatic imine (C=N–C) groups is 1. The van der Waals surface area contributed by atoms with E-state index in [1.165, 1.54) is 0 Å². The molecule has 0 saturated carbocycles. The van der Waals surface area contributed by atoms with Gasteiger partial charge in [0.25, 0.3) is 5.91 Å². The number of hydrogen-bond donors (Lipinski definition) is 3. The molecule has 0 aliphatic rings. The average Bonchev–Trinajstić information content (AvgIpc) is 2.91. The molecule has 0 fully saturated rings. The highest BCUT2D eigenvalue weighted by molar-refractivity contribution is 5.96. The Morgan fingerprint density at radius 2 is 1.63 bits per heavy atom. The first-order valence-electron chi connectivity index (χ1n) is 11.5. The SMILES string of the molecule is C=N[C@@](CCNCc1cccc(OC)c1)(Cc1ccccc1)NC(=O)CNC(=O)c1ccccc1. The molecule has 0 aromatic heterocycles. The van der Waals surface area contributed by atoms with Crippen LogP contribution in [0.3, 0.4) is 0 Å². The number of carbonyl (C=O) groups excluding carboxylic acids is 2. The Balaban J connectivity index is 1.62. The van der Waals surface area contributed by atoms with Crippen LogP contribution in [0.15, 0.2) is 89.9 Å². The van der Waals surface area contributed by atoms with Crippen molar-refractivity contribution in [3.63, 3.8) is 0 Å². The third-order valence-corrected chi connectivity index (χ3v) is 5.64. The number of carbonyl (C=O) groups is 2. The second-order valence-electron chi connectivity index (χ2n) is 8.23. The molecule has 0 aliphatic heterocycles. The summed E-state index contributed by atoms with van der Waals surface area (Å²) in [4.78, 5) is 29.5. The number of amides is 2. The molecule has 3 N–H and O–H groups in total. The highest BCUT2D eigenvalue weighted by Crippen LogP contribution is 2.19. The van der Waals surface area contributed by atoms with Crippen LogP contribution in [0.1, 0.15) is 27.9 Å². The zero-order valence-electron chi connectivity index (χ0n) is 20.0. The normalized spacial score (nSPS) is 12.3. The van der Waals surface area contributed by atoms with Gasteiger partial charge in [-0.3, -0.25) is 14.6 Å². The lowest BCUT2D eigenvalue weighted by atomic mass is 9.96. The van der Waals surface area contributed by atoms with Crippen LogP contribution in [0.2, 0.25) is 0 Å². The first-order chi connectivity index (χ1) is 17.0. The number of nitrogens with zero attached hydrogens (tertiary/aromatic N) is 1. The Hall–Kier alpha value is -3.97.